The fourth-order valence-corrected chi connectivity index (χ4v) is 2.50. The fourth-order valence-electron chi connectivity index (χ4n) is 2.50. The van der Waals surface area contributed by atoms with Gasteiger partial charge in [0.2, 0.25) is 5.91 Å². The van der Waals surface area contributed by atoms with E-state index in [1.165, 1.54) is 12.8 Å². The zero-order valence-electron chi connectivity index (χ0n) is 9.84. The van der Waals surface area contributed by atoms with Crippen molar-refractivity contribution in [2.45, 2.75) is 50.7 Å². The Morgan fingerprint density at radius 2 is 2.00 bits per heavy atom. The lowest BCUT2D eigenvalue weighted by atomic mass is 10.2. The second-order valence-electron chi connectivity index (χ2n) is 4.81. The summed E-state index contributed by atoms with van der Waals surface area (Å²) in [4.78, 5) is 11.6. The molecule has 0 aromatic rings. The fraction of sp³-hybridized carbons (Fsp3) is 0.917. The van der Waals surface area contributed by atoms with Crippen molar-refractivity contribution in [1.82, 2.24) is 10.6 Å². The van der Waals surface area contributed by atoms with Crippen LogP contribution in [0.5, 0.6) is 0 Å². The van der Waals surface area contributed by atoms with E-state index in [1.807, 2.05) is 0 Å². The van der Waals surface area contributed by atoms with E-state index in [9.17, 15) is 4.79 Å². The Kier molecular flexibility index (Phi) is 4.60. The number of hydrogen-bond acceptors (Lipinski definition) is 3. The molecule has 0 aromatic heterocycles. The molecule has 4 heteroatoms. The van der Waals surface area contributed by atoms with E-state index < -0.39 is 0 Å². The molecule has 2 N–H and O–H groups in total. The van der Waals surface area contributed by atoms with Crippen molar-refractivity contribution in [3.05, 3.63) is 0 Å². The maximum absolute atomic E-state index is 11.6. The van der Waals surface area contributed by atoms with Crippen LogP contribution in [-0.2, 0) is 9.53 Å². The van der Waals surface area contributed by atoms with Crippen molar-refractivity contribution >= 4 is 5.91 Å². The van der Waals surface area contributed by atoms with Gasteiger partial charge >= 0.3 is 0 Å². The van der Waals surface area contributed by atoms with Crippen molar-refractivity contribution in [2.75, 3.05) is 19.7 Å². The molecule has 1 heterocycles. The molecule has 1 aliphatic carbocycles. The van der Waals surface area contributed by atoms with E-state index in [2.05, 4.69) is 10.6 Å². The van der Waals surface area contributed by atoms with Crippen LogP contribution in [0.15, 0.2) is 0 Å². The molecule has 1 aliphatic heterocycles. The monoisotopic (exact) mass is 226 g/mol. The Hall–Kier alpha value is -0.610. The number of carbonyl (C=O) groups is 1. The molecular formula is C12H22N2O2. The minimum Gasteiger partial charge on any atom is -0.377 e. The number of rotatable bonds is 5. The van der Waals surface area contributed by atoms with Crippen LogP contribution >= 0.6 is 0 Å². The van der Waals surface area contributed by atoms with E-state index in [0.717, 1.165) is 38.8 Å². The lowest BCUT2D eigenvalue weighted by Crippen LogP contribution is -2.40. The zero-order valence-corrected chi connectivity index (χ0v) is 9.84. The molecule has 0 spiro atoms. The Bertz CT molecular complexity index is 221. The third-order valence-electron chi connectivity index (χ3n) is 3.40. The number of nitrogens with one attached hydrogen (secondary N) is 2. The van der Waals surface area contributed by atoms with E-state index in [1.54, 1.807) is 0 Å². The van der Waals surface area contributed by atoms with Crippen LogP contribution in [0.25, 0.3) is 0 Å². The van der Waals surface area contributed by atoms with Gasteiger partial charge in [0.25, 0.3) is 0 Å². The Balaban J connectivity index is 1.52. The maximum atomic E-state index is 11.6. The van der Waals surface area contributed by atoms with Crippen molar-refractivity contribution in [2.24, 2.45) is 0 Å². The van der Waals surface area contributed by atoms with Crippen LogP contribution in [0.3, 0.4) is 0 Å². The summed E-state index contributed by atoms with van der Waals surface area (Å²) in [6.45, 7) is 2.11. The maximum Gasteiger partial charge on any atom is 0.234 e. The van der Waals surface area contributed by atoms with Gasteiger partial charge in [0.15, 0.2) is 0 Å². The standard InChI is InChI=1S/C12H22N2O2/c15-12(14-10-4-1-2-5-10)9-13-8-11-6-3-7-16-11/h10-11,13H,1-9H2,(H,14,15). The van der Waals surface area contributed by atoms with Gasteiger partial charge in [0, 0.05) is 19.2 Å². The van der Waals surface area contributed by atoms with E-state index in [0.29, 0.717) is 18.7 Å². The Morgan fingerprint density at radius 1 is 1.19 bits per heavy atom. The molecule has 1 unspecified atom stereocenters. The highest BCUT2D eigenvalue weighted by atomic mass is 16.5. The van der Waals surface area contributed by atoms with Gasteiger partial charge in [0.1, 0.15) is 0 Å². The third kappa shape index (κ3) is 3.76. The number of carbonyl (C=O) groups excluding carboxylic acids is 1. The normalized spacial score (nSPS) is 26.1. The highest BCUT2D eigenvalue weighted by Crippen LogP contribution is 2.17. The molecule has 1 saturated heterocycles. The van der Waals surface area contributed by atoms with Crippen LogP contribution < -0.4 is 10.6 Å². The second-order valence-corrected chi connectivity index (χ2v) is 4.81. The summed E-state index contributed by atoms with van der Waals surface area (Å²) in [6.07, 6.45) is 7.41. The van der Waals surface area contributed by atoms with Crippen molar-refractivity contribution in [3.63, 3.8) is 0 Å². The first-order chi connectivity index (χ1) is 7.84. The number of ether oxygens (including phenoxy) is 1. The molecule has 2 rings (SSSR count). The number of hydrogen-bond donors (Lipinski definition) is 2. The van der Waals surface area contributed by atoms with Crippen molar-refractivity contribution < 1.29 is 9.53 Å². The summed E-state index contributed by atoms with van der Waals surface area (Å²) < 4.78 is 5.47. The van der Waals surface area contributed by atoms with Crippen LogP contribution in [0.4, 0.5) is 0 Å². The average molecular weight is 226 g/mol. The molecule has 0 bridgehead atoms. The minimum absolute atomic E-state index is 0.130. The molecule has 2 aliphatic rings. The van der Waals surface area contributed by atoms with Gasteiger partial charge in [-0.25, -0.2) is 0 Å². The lowest BCUT2D eigenvalue weighted by Gasteiger charge is -2.13. The van der Waals surface area contributed by atoms with Crippen molar-refractivity contribution in [1.29, 1.82) is 0 Å². The first-order valence-electron chi connectivity index (χ1n) is 6.46. The molecule has 2 fully saturated rings. The van der Waals surface area contributed by atoms with Gasteiger partial charge in [-0.05, 0) is 25.7 Å². The highest BCUT2D eigenvalue weighted by Gasteiger charge is 2.18. The Labute approximate surface area is 97.1 Å². The van der Waals surface area contributed by atoms with Crippen LogP contribution in [-0.4, -0.2) is 37.7 Å². The quantitative estimate of drug-likeness (QED) is 0.729. The van der Waals surface area contributed by atoms with Crippen LogP contribution in [0, 0.1) is 0 Å². The molecule has 0 aromatic carbocycles. The summed E-state index contributed by atoms with van der Waals surface area (Å²) in [6, 6.07) is 0.428. The topological polar surface area (TPSA) is 50.4 Å². The third-order valence-corrected chi connectivity index (χ3v) is 3.40. The number of amides is 1. The molecule has 16 heavy (non-hydrogen) atoms. The smallest absolute Gasteiger partial charge is 0.234 e. The average Bonchev–Trinajstić information content (AvgIpc) is 2.90. The molecule has 1 amide bonds. The molecule has 0 radical (unpaired) electrons. The first kappa shape index (κ1) is 11.9. The zero-order chi connectivity index (χ0) is 11.2. The summed E-state index contributed by atoms with van der Waals surface area (Å²) in [7, 11) is 0. The Morgan fingerprint density at radius 3 is 2.69 bits per heavy atom. The summed E-state index contributed by atoms with van der Waals surface area (Å²) >= 11 is 0. The first-order valence-corrected chi connectivity index (χ1v) is 6.46. The SMILES string of the molecule is O=C(CNCC1CCCO1)NC1CCCC1. The van der Waals surface area contributed by atoms with E-state index in [-0.39, 0.29) is 5.91 Å². The molecule has 1 atom stereocenters. The van der Waals surface area contributed by atoms with Gasteiger partial charge in [-0.15, -0.1) is 0 Å². The van der Waals surface area contributed by atoms with E-state index in [4.69, 9.17) is 4.74 Å². The summed E-state index contributed by atoms with van der Waals surface area (Å²) in [5.41, 5.74) is 0. The predicted molar refractivity (Wildman–Crippen MR) is 62.2 cm³/mol. The lowest BCUT2D eigenvalue weighted by molar-refractivity contribution is -0.120. The largest absolute Gasteiger partial charge is 0.377 e. The van der Waals surface area contributed by atoms with Gasteiger partial charge in [-0.2, -0.15) is 0 Å². The molecular weight excluding hydrogens is 204 g/mol. The molecule has 4 nitrogen and oxygen atoms in total. The van der Waals surface area contributed by atoms with Gasteiger partial charge in [-0.1, -0.05) is 12.8 Å². The summed E-state index contributed by atoms with van der Waals surface area (Å²) in [5, 5.41) is 6.23. The summed E-state index contributed by atoms with van der Waals surface area (Å²) in [5.74, 6) is 0.130. The molecule has 92 valence electrons. The second kappa shape index (κ2) is 6.21. The van der Waals surface area contributed by atoms with Crippen LogP contribution in [0.1, 0.15) is 38.5 Å². The predicted octanol–water partition coefficient (Wildman–Crippen LogP) is 0.814. The minimum atomic E-state index is 0.130. The van der Waals surface area contributed by atoms with Gasteiger partial charge < -0.3 is 15.4 Å². The van der Waals surface area contributed by atoms with Crippen molar-refractivity contribution in [3.8, 4) is 0 Å². The van der Waals surface area contributed by atoms with Crippen LogP contribution in [0.2, 0.25) is 0 Å². The van der Waals surface area contributed by atoms with Gasteiger partial charge in [0.05, 0.1) is 12.6 Å². The highest BCUT2D eigenvalue weighted by molar-refractivity contribution is 5.78. The van der Waals surface area contributed by atoms with Gasteiger partial charge in [-0.3, -0.25) is 4.79 Å². The molecule has 1 saturated carbocycles. The van der Waals surface area contributed by atoms with E-state index >= 15 is 0 Å².